The van der Waals surface area contributed by atoms with Gasteiger partial charge in [-0.15, -0.1) is 11.8 Å². The van der Waals surface area contributed by atoms with Gasteiger partial charge >= 0.3 is 0 Å². The van der Waals surface area contributed by atoms with Gasteiger partial charge in [0.2, 0.25) is 0 Å². The molecule has 0 spiro atoms. The first kappa shape index (κ1) is 16.9. The van der Waals surface area contributed by atoms with Crippen LogP contribution in [0.3, 0.4) is 0 Å². The monoisotopic (exact) mass is 368 g/mol. The van der Waals surface area contributed by atoms with Crippen LogP contribution in [0.25, 0.3) is 32.7 Å². The predicted octanol–water partition coefficient (Wildman–Crippen LogP) is 8.08. The van der Waals surface area contributed by atoms with Gasteiger partial charge in [0.05, 0.1) is 0 Å². The Bertz CT molecular complexity index is 1080. The highest BCUT2D eigenvalue weighted by Gasteiger charge is 2.21. The number of hydrogen-bond acceptors (Lipinski definition) is 1. The fraction of sp³-hybridized carbons (Fsp3) is 0.231. The molecule has 0 radical (unpaired) electrons. The molecule has 4 aromatic carbocycles. The van der Waals surface area contributed by atoms with E-state index in [9.17, 15) is 0 Å². The zero-order chi connectivity index (χ0) is 18.1. The summed E-state index contributed by atoms with van der Waals surface area (Å²) in [5.41, 5.74) is 2.75. The number of benzene rings is 4. The molecule has 1 heteroatoms. The van der Waals surface area contributed by atoms with Crippen LogP contribution in [0.2, 0.25) is 0 Å². The van der Waals surface area contributed by atoms with E-state index in [4.69, 9.17) is 0 Å². The highest BCUT2D eigenvalue weighted by atomic mass is 32.2. The first-order chi connectivity index (χ1) is 13.4. The van der Waals surface area contributed by atoms with E-state index in [1.807, 2.05) is 0 Å². The van der Waals surface area contributed by atoms with Crippen LogP contribution >= 0.6 is 11.8 Å². The SMILES string of the molecule is c1ccc(-c2c(SC3CCCCC3)c3ccccc3c3ccccc23)cc1. The van der Waals surface area contributed by atoms with Gasteiger partial charge in [0.25, 0.3) is 0 Å². The lowest BCUT2D eigenvalue weighted by Crippen LogP contribution is -2.08. The molecule has 0 N–H and O–H groups in total. The topological polar surface area (TPSA) is 0 Å². The second kappa shape index (κ2) is 7.40. The summed E-state index contributed by atoms with van der Waals surface area (Å²) in [6, 6.07) is 28.9. The Kier molecular flexibility index (Phi) is 4.63. The molecule has 0 atom stereocenters. The van der Waals surface area contributed by atoms with Crippen LogP contribution in [0.5, 0.6) is 0 Å². The van der Waals surface area contributed by atoms with Gasteiger partial charge in [-0.2, -0.15) is 0 Å². The van der Waals surface area contributed by atoms with Crippen LogP contribution in [0, 0.1) is 0 Å². The lowest BCUT2D eigenvalue weighted by Gasteiger charge is -2.24. The van der Waals surface area contributed by atoms with Gasteiger partial charge in [0, 0.05) is 15.7 Å². The number of rotatable bonds is 3. The summed E-state index contributed by atoms with van der Waals surface area (Å²) in [6.07, 6.45) is 6.86. The van der Waals surface area contributed by atoms with Crippen LogP contribution in [-0.4, -0.2) is 5.25 Å². The molecule has 134 valence electrons. The summed E-state index contributed by atoms with van der Waals surface area (Å²) in [5, 5.41) is 6.27. The Balaban J connectivity index is 1.83. The third kappa shape index (κ3) is 3.15. The number of thioether (sulfide) groups is 1. The van der Waals surface area contributed by atoms with Crippen molar-refractivity contribution in [3.05, 3.63) is 78.9 Å². The van der Waals surface area contributed by atoms with Crippen LogP contribution < -0.4 is 0 Å². The lowest BCUT2D eigenvalue weighted by molar-refractivity contribution is 0.516. The van der Waals surface area contributed by atoms with E-state index in [0.29, 0.717) is 0 Å². The van der Waals surface area contributed by atoms with E-state index >= 15 is 0 Å². The van der Waals surface area contributed by atoms with E-state index < -0.39 is 0 Å². The standard InChI is InChI=1S/C26H24S/c1-3-11-19(12-4-1)25-23-17-9-7-15-21(23)22-16-8-10-18-24(22)26(25)27-20-13-5-2-6-14-20/h1,3-4,7-12,15-18,20H,2,5-6,13-14H2. The Labute approximate surface area is 165 Å². The van der Waals surface area contributed by atoms with Crippen molar-refractivity contribution in [3.63, 3.8) is 0 Å². The third-order valence-corrected chi connectivity index (χ3v) is 7.25. The number of fused-ring (bicyclic) bond motifs is 3. The lowest BCUT2D eigenvalue weighted by atomic mass is 9.93. The minimum Gasteiger partial charge on any atom is -0.121 e. The van der Waals surface area contributed by atoms with Gasteiger partial charge in [-0.25, -0.2) is 0 Å². The fourth-order valence-corrected chi connectivity index (χ4v) is 6.03. The van der Waals surface area contributed by atoms with Crippen molar-refractivity contribution in [2.24, 2.45) is 0 Å². The summed E-state index contributed by atoms with van der Waals surface area (Å²) in [7, 11) is 0. The molecule has 0 aromatic heterocycles. The third-order valence-electron chi connectivity index (χ3n) is 5.78. The van der Waals surface area contributed by atoms with Crippen LogP contribution in [-0.2, 0) is 0 Å². The first-order valence-electron chi connectivity index (χ1n) is 10.1. The Morgan fingerprint density at radius 3 is 1.81 bits per heavy atom. The largest absolute Gasteiger partial charge is 0.121 e. The second-order valence-corrected chi connectivity index (χ2v) is 8.85. The van der Waals surface area contributed by atoms with Crippen molar-refractivity contribution >= 4 is 33.3 Å². The van der Waals surface area contributed by atoms with Gasteiger partial charge in [-0.05, 0) is 39.9 Å². The van der Waals surface area contributed by atoms with Crippen molar-refractivity contribution in [2.75, 3.05) is 0 Å². The molecule has 4 aromatic rings. The molecular formula is C26H24S. The van der Waals surface area contributed by atoms with Crippen molar-refractivity contribution in [2.45, 2.75) is 42.2 Å². The van der Waals surface area contributed by atoms with Gasteiger partial charge in [-0.3, -0.25) is 0 Å². The maximum absolute atomic E-state index is 2.32. The molecule has 0 nitrogen and oxygen atoms in total. The van der Waals surface area contributed by atoms with Crippen LogP contribution in [0.4, 0.5) is 0 Å². The zero-order valence-electron chi connectivity index (χ0n) is 15.5. The van der Waals surface area contributed by atoms with Crippen molar-refractivity contribution < 1.29 is 0 Å². The molecule has 1 aliphatic rings. The maximum Gasteiger partial charge on any atom is 0.0238 e. The fourth-order valence-electron chi connectivity index (χ4n) is 4.47. The minimum absolute atomic E-state index is 0.741. The summed E-state index contributed by atoms with van der Waals surface area (Å²) in [5.74, 6) is 0. The minimum atomic E-state index is 0.741. The second-order valence-electron chi connectivity index (χ2n) is 7.54. The summed E-state index contributed by atoms with van der Waals surface area (Å²) in [4.78, 5) is 1.47. The summed E-state index contributed by atoms with van der Waals surface area (Å²) >= 11 is 2.13. The van der Waals surface area contributed by atoms with Gasteiger partial charge < -0.3 is 0 Å². The van der Waals surface area contributed by atoms with E-state index in [0.717, 1.165) is 5.25 Å². The quantitative estimate of drug-likeness (QED) is 0.329. The number of hydrogen-bond donors (Lipinski definition) is 0. The first-order valence-corrected chi connectivity index (χ1v) is 11.0. The highest BCUT2D eigenvalue weighted by Crippen LogP contribution is 2.46. The van der Waals surface area contributed by atoms with E-state index in [1.54, 1.807) is 0 Å². The molecule has 0 heterocycles. The van der Waals surface area contributed by atoms with E-state index in [-0.39, 0.29) is 0 Å². The molecule has 0 unspecified atom stereocenters. The van der Waals surface area contributed by atoms with Gasteiger partial charge in [-0.1, -0.05) is 98.1 Å². The molecule has 0 saturated heterocycles. The molecule has 0 aliphatic heterocycles. The zero-order valence-corrected chi connectivity index (χ0v) is 16.3. The average molecular weight is 369 g/mol. The summed E-state index contributed by atoms with van der Waals surface area (Å²) < 4.78 is 0. The van der Waals surface area contributed by atoms with Crippen LogP contribution in [0.15, 0.2) is 83.8 Å². The highest BCUT2D eigenvalue weighted by molar-refractivity contribution is 8.00. The van der Waals surface area contributed by atoms with E-state index in [2.05, 4.69) is 90.6 Å². The molecule has 27 heavy (non-hydrogen) atoms. The van der Waals surface area contributed by atoms with Gasteiger partial charge in [0.1, 0.15) is 0 Å². The molecule has 1 aliphatic carbocycles. The Hall–Kier alpha value is -2.25. The maximum atomic E-state index is 2.32. The van der Waals surface area contributed by atoms with Crippen molar-refractivity contribution in [1.29, 1.82) is 0 Å². The predicted molar refractivity (Wildman–Crippen MR) is 120 cm³/mol. The Morgan fingerprint density at radius 1 is 0.556 bits per heavy atom. The average Bonchev–Trinajstić information content (AvgIpc) is 2.75. The molecular weight excluding hydrogens is 344 g/mol. The smallest absolute Gasteiger partial charge is 0.0238 e. The van der Waals surface area contributed by atoms with Crippen molar-refractivity contribution in [1.82, 2.24) is 0 Å². The van der Waals surface area contributed by atoms with E-state index in [1.165, 1.54) is 69.7 Å². The normalized spacial score (nSPS) is 15.4. The Morgan fingerprint density at radius 2 is 1.11 bits per heavy atom. The molecule has 0 amide bonds. The molecule has 5 rings (SSSR count). The molecule has 1 fully saturated rings. The van der Waals surface area contributed by atoms with Crippen LogP contribution in [0.1, 0.15) is 32.1 Å². The summed E-state index contributed by atoms with van der Waals surface area (Å²) in [6.45, 7) is 0. The molecule has 1 saturated carbocycles. The van der Waals surface area contributed by atoms with Crippen molar-refractivity contribution in [3.8, 4) is 11.1 Å². The van der Waals surface area contributed by atoms with Gasteiger partial charge in [0.15, 0.2) is 0 Å². The molecule has 0 bridgehead atoms.